The number of nitrogens with zero attached hydrogens (tertiary/aromatic N) is 5. The maximum atomic E-state index is 13.2. The maximum Gasteiger partial charge on any atom is 0.289 e. The Morgan fingerprint density at radius 2 is 1.61 bits per heavy atom. The van der Waals surface area contributed by atoms with Crippen LogP contribution in [0.2, 0.25) is 10.0 Å². The van der Waals surface area contributed by atoms with Crippen molar-refractivity contribution < 1.29 is 14.0 Å². The molecule has 2 amide bonds. The van der Waals surface area contributed by atoms with Gasteiger partial charge < -0.3 is 19.1 Å². The molecule has 6 rings (SSSR count). The fourth-order valence-corrected chi connectivity index (χ4v) is 6.72. The van der Waals surface area contributed by atoms with Crippen LogP contribution in [0.3, 0.4) is 0 Å². The van der Waals surface area contributed by atoms with E-state index in [1.165, 1.54) is 11.3 Å². The summed E-state index contributed by atoms with van der Waals surface area (Å²) in [5, 5.41) is 4.75. The predicted octanol–water partition coefficient (Wildman–Crippen LogP) is 5.57. The highest BCUT2D eigenvalue weighted by Crippen LogP contribution is 2.34. The minimum Gasteiger partial charge on any atom is -0.451 e. The number of hydrogen-bond donors (Lipinski definition) is 0. The van der Waals surface area contributed by atoms with Gasteiger partial charge in [-0.15, -0.1) is 11.3 Å². The molecular formula is C27H25Cl2N5O3S. The highest BCUT2D eigenvalue weighted by atomic mass is 35.5. The average molecular weight is 571 g/mol. The summed E-state index contributed by atoms with van der Waals surface area (Å²) in [4.78, 5) is 40.6. The number of pyridine rings is 1. The Labute approximate surface area is 233 Å². The summed E-state index contributed by atoms with van der Waals surface area (Å²) >= 11 is 14.1. The molecule has 0 bridgehead atoms. The molecule has 2 fully saturated rings. The van der Waals surface area contributed by atoms with Crippen LogP contribution in [0.25, 0.3) is 11.0 Å². The summed E-state index contributed by atoms with van der Waals surface area (Å²) in [5.74, 6) is 0.467. The Hall–Kier alpha value is -3.14. The first kappa shape index (κ1) is 25.2. The van der Waals surface area contributed by atoms with Crippen molar-refractivity contribution in [3.63, 3.8) is 0 Å². The van der Waals surface area contributed by atoms with Gasteiger partial charge in [0.1, 0.15) is 11.3 Å². The fraction of sp³-hybridized carbons (Fsp3) is 0.333. The van der Waals surface area contributed by atoms with Crippen LogP contribution in [0.15, 0.2) is 52.5 Å². The molecule has 196 valence electrons. The predicted molar refractivity (Wildman–Crippen MR) is 149 cm³/mol. The molecule has 0 atom stereocenters. The zero-order valence-corrected chi connectivity index (χ0v) is 22.8. The number of aromatic nitrogens is 2. The minimum atomic E-state index is -0.0804. The van der Waals surface area contributed by atoms with Gasteiger partial charge in [-0.1, -0.05) is 41.4 Å². The third kappa shape index (κ3) is 4.86. The second-order valence-corrected chi connectivity index (χ2v) is 11.2. The van der Waals surface area contributed by atoms with Crippen molar-refractivity contribution in [2.24, 2.45) is 0 Å². The highest BCUT2D eigenvalue weighted by Gasteiger charge is 2.30. The van der Waals surface area contributed by atoms with E-state index in [-0.39, 0.29) is 17.7 Å². The van der Waals surface area contributed by atoms with Crippen LogP contribution in [0.4, 0.5) is 5.69 Å². The Morgan fingerprint density at radius 1 is 0.921 bits per heavy atom. The lowest BCUT2D eigenvalue weighted by Crippen LogP contribution is -2.49. The Balaban J connectivity index is 1.04. The Bertz CT molecular complexity index is 1440. The van der Waals surface area contributed by atoms with Gasteiger partial charge in [0, 0.05) is 68.3 Å². The normalized spacial score (nSPS) is 16.8. The van der Waals surface area contributed by atoms with Gasteiger partial charge in [-0.3, -0.25) is 14.6 Å². The fourth-order valence-electron chi connectivity index (χ4n) is 5.15. The van der Waals surface area contributed by atoms with Crippen molar-refractivity contribution in [1.82, 2.24) is 19.8 Å². The van der Waals surface area contributed by atoms with Gasteiger partial charge in [0.05, 0.1) is 20.7 Å². The van der Waals surface area contributed by atoms with Crippen molar-refractivity contribution in [1.29, 1.82) is 0 Å². The van der Waals surface area contributed by atoms with Crippen LogP contribution in [0, 0.1) is 0 Å². The number of amides is 2. The van der Waals surface area contributed by atoms with Gasteiger partial charge in [0.2, 0.25) is 0 Å². The van der Waals surface area contributed by atoms with Crippen molar-refractivity contribution >= 4 is 63.0 Å². The largest absolute Gasteiger partial charge is 0.451 e. The first-order valence-electron chi connectivity index (χ1n) is 12.5. The SMILES string of the molecule is O=C(c1csc(C2CCN(C(=O)c3cc4ccccc4o3)CC2)n1)N1CCN(c2c(Cl)cncc2Cl)CC1. The number of piperidine rings is 1. The van der Waals surface area contributed by atoms with Crippen LogP contribution < -0.4 is 4.90 Å². The lowest BCUT2D eigenvalue weighted by molar-refractivity contribution is 0.0683. The molecule has 2 aliphatic heterocycles. The standard InChI is InChI=1S/C27H25Cl2N5O3S/c28-19-14-30-15-20(29)24(19)32-9-11-34(12-10-32)26(35)21-16-38-25(31-21)17-5-7-33(8-6-17)27(36)23-13-18-3-1-2-4-22(18)37-23/h1-4,13-17H,5-12H2. The summed E-state index contributed by atoms with van der Waals surface area (Å²) in [5.41, 5.74) is 1.97. The van der Waals surface area contributed by atoms with E-state index in [4.69, 9.17) is 32.6 Å². The molecule has 8 nitrogen and oxygen atoms in total. The van der Waals surface area contributed by atoms with E-state index in [1.54, 1.807) is 12.4 Å². The third-order valence-electron chi connectivity index (χ3n) is 7.22. The van der Waals surface area contributed by atoms with Gasteiger partial charge in [-0.2, -0.15) is 0 Å². The first-order chi connectivity index (χ1) is 18.5. The van der Waals surface area contributed by atoms with E-state index >= 15 is 0 Å². The van der Waals surface area contributed by atoms with Crippen LogP contribution in [-0.2, 0) is 0 Å². The van der Waals surface area contributed by atoms with E-state index in [0.717, 1.165) is 34.5 Å². The van der Waals surface area contributed by atoms with Crippen molar-refractivity contribution in [3.05, 3.63) is 74.6 Å². The minimum absolute atomic E-state index is 0.0587. The lowest BCUT2D eigenvalue weighted by atomic mass is 9.97. The van der Waals surface area contributed by atoms with Gasteiger partial charge in [0.25, 0.3) is 11.8 Å². The molecule has 0 aliphatic carbocycles. The summed E-state index contributed by atoms with van der Waals surface area (Å²) in [7, 11) is 0. The molecule has 1 aromatic carbocycles. The number of likely N-dealkylation sites (tertiary alicyclic amines) is 1. The number of para-hydroxylation sites is 1. The highest BCUT2D eigenvalue weighted by molar-refractivity contribution is 7.09. The zero-order valence-electron chi connectivity index (χ0n) is 20.5. The molecule has 2 aliphatic rings. The summed E-state index contributed by atoms with van der Waals surface area (Å²) < 4.78 is 5.76. The van der Waals surface area contributed by atoms with E-state index in [9.17, 15) is 9.59 Å². The smallest absolute Gasteiger partial charge is 0.289 e. The van der Waals surface area contributed by atoms with E-state index in [1.807, 2.05) is 45.5 Å². The molecule has 0 unspecified atom stereocenters. The third-order valence-corrected chi connectivity index (χ3v) is 8.78. The molecule has 0 radical (unpaired) electrons. The number of thiazole rings is 1. The monoisotopic (exact) mass is 569 g/mol. The molecule has 0 saturated carbocycles. The quantitative estimate of drug-likeness (QED) is 0.319. The number of fused-ring (bicyclic) bond motifs is 1. The number of carbonyl (C=O) groups excluding carboxylic acids is 2. The lowest BCUT2D eigenvalue weighted by Gasteiger charge is -2.36. The van der Waals surface area contributed by atoms with Crippen LogP contribution in [0.5, 0.6) is 0 Å². The molecule has 4 aromatic rings. The van der Waals surface area contributed by atoms with Gasteiger partial charge in [-0.25, -0.2) is 4.98 Å². The molecular weight excluding hydrogens is 545 g/mol. The number of halogens is 2. The number of furan rings is 1. The van der Waals surface area contributed by atoms with Gasteiger partial charge in [0.15, 0.2) is 5.76 Å². The Kier molecular flexibility index (Phi) is 6.99. The van der Waals surface area contributed by atoms with Crippen molar-refractivity contribution in [2.45, 2.75) is 18.8 Å². The first-order valence-corrected chi connectivity index (χ1v) is 14.2. The number of piperazine rings is 1. The number of carbonyl (C=O) groups is 2. The van der Waals surface area contributed by atoms with E-state index in [2.05, 4.69) is 9.88 Å². The number of anilines is 1. The summed E-state index contributed by atoms with van der Waals surface area (Å²) in [6, 6.07) is 9.44. The molecule has 11 heteroatoms. The number of benzene rings is 1. The van der Waals surface area contributed by atoms with E-state index in [0.29, 0.717) is 60.8 Å². The number of hydrogen-bond acceptors (Lipinski definition) is 7. The molecule has 0 N–H and O–H groups in total. The van der Waals surface area contributed by atoms with Gasteiger partial charge >= 0.3 is 0 Å². The van der Waals surface area contributed by atoms with Crippen LogP contribution >= 0.6 is 34.5 Å². The maximum absolute atomic E-state index is 13.2. The average Bonchev–Trinajstić information content (AvgIpc) is 3.61. The molecule has 38 heavy (non-hydrogen) atoms. The van der Waals surface area contributed by atoms with Gasteiger partial charge in [-0.05, 0) is 25.0 Å². The molecule has 3 aromatic heterocycles. The number of rotatable bonds is 4. The molecule has 5 heterocycles. The molecule has 0 spiro atoms. The van der Waals surface area contributed by atoms with Crippen LogP contribution in [-0.4, -0.2) is 70.9 Å². The second-order valence-electron chi connectivity index (χ2n) is 9.52. The van der Waals surface area contributed by atoms with Crippen LogP contribution in [0.1, 0.15) is 44.8 Å². The second kappa shape index (κ2) is 10.6. The van der Waals surface area contributed by atoms with Crippen molar-refractivity contribution in [2.75, 3.05) is 44.2 Å². The van der Waals surface area contributed by atoms with E-state index < -0.39 is 0 Å². The molecule has 2 saturated heterocycles. The summed E-state index contributed by atoms with van der Waals surface area (Å²) in [6.45, 7) is 3.64. The van der Waals surface area contributed by atoms with Crippen molar-refractivity contribution in [3.8, 4) is 0 Å². The Morgan fingerprint density at radius 3 is 2.32 bits per heavy atom. The zero-order chi connectivity index (χ0) is 26.2. The topological polar surface area (TPSA) is 82.8 Å². The summed E-state index contributed by atoms with van der Waals surface area (Å²) in [6.07, 6.45) is 4.77.